The summed E-state index contributed by atoms with van der Waals surface area (Å²) in [5.41, 5.74) is 1.86. The molecule has 0 radical (unpaired) electrons. The summed E-state index contributed by atoms with van der Waals surface area (Å²) in [6, 6.07) is 3.86. The minimum absolute atomic E-state index is 0.264. The van der Waals surface area contributed by atoms with Gasteiger partial charge in [-0.15, -0.1) is 0 Å². The minimum Gasteiger partial charge on any atom is -0.482 e. The molecule has 0 aromatic carbocycles. The SMILES string of the molecule is CCCc1noc(COc2ccc(C)nc2CNCC)n1. The third-order valence-corrected chi connectivity index (χ3v) is 2.95. The minimum atomic E-state index is 0.264. The van der Waals surface area contributed by atoms with Crippen LogP contribution in [0.15, 0.2) is 16.7 Å². The Bertz CT molecular complexity index is 569. The Morgan fingerprint density at radius 3 is 2.86 bits per heavy atom. The summed E-state index contributed by atoms with van der Waals surface area (Å²) >= 11 is 0. The maximum atomic E-state index is 5.77. The third-order valence-electron chi connectivity index (χ3n) is 2.95. The van der Waals surface area contributed by atoms with E-state index in [0.717, 1.165) is 42.3 Å². The van der Waals surface area contributed by atoms with Gasteiger partial charge in [0.05, 0.1) is 5.69 Å². The third kappa shape index (κ3) is 4.53. The van der Waals surface area contributed by atoms with Crippen LogP contribution in [0.3, 0.4) is 0 Å². The van der Waals surface area contributed by atoms with Gasteiger partial charge in [0, 0.05) is 18.7 Å². The Labute approximate surface area is 124 Å². The Kier molecular flexibility index (Phi) is 5.68. The molecule has 0 amide bonds. The molecule has 0 saturated carbocycles. The van der Waals surface area contributed by atoms with Gasteiger partial charge in [0.1, 0.15) is 5.75 Å². The molecule has 6 nitrogen and oxygen atoms in total. The summed E-state index contributed by atoms with van der Waals surface area (Å²) in [4.78, 5) is 8.79. The quantitative estimate of drug-likeness (QED) is 0.805. The lowest BCUT2D eigenvalue weighted by Crippen LogP contribution is -2.14. The first-order chi connectivity index (χ1) is 10.2. The summed E-state index contributed by atoms with van der Waals surface area (Å²) in [6.45, 7) is 7.94. The van der Waals surface area contributed by atoms with E-state index in [0.29, 0.717) is 12.4 Å². The molecule has 0 aliphatic carbocycles. The molecule has 0 unspecified atom stereocenters. The number of hydrogen-bond acceptors (Lipinski definition) is 6. The summed E-state index contributed by atoms with van der Waals surface area (Å²) in [6.07, 6.45) is 1.82. The summed E-state index contributed by atoms with van der Waals surface area (Å²) < 4.78 is 10.9. The predicted molar refractivity (Wildman–Crippen MR) is 79.0 cm³/mol. The number of nitrogens with one attached hydrogen (secondary N) is 1. The van der Waals surface area contributed by atoms with Crippen molar-refractivity contribution >= 4 is 0 Å². The fourth-order valence-electron chi connectivity index (χ4n) is 1.91. The zero-order valence-electron chi connectivity index (χ0n) is 12.8. The van der Waals surface area contributed by atoms with Crippen LogP contribution in [-0.4, -0.2) is 21.7 Å². The standard InChI is InChI=1S/C15H22N4O2/c1-4-6-14-18-15(21-19-14)10-20-13-8-7-11(3)17-12(13)9-16-5-2/h7-8,16H,4-6,9-10H2,1-3H3. The number of pyridine rings is 1. The lowest BCUT2D eigenvalue weighted by molar-refractivity contribution is 0.239. The monoisotopic (exact) mass is 290 g/mol. The highest BCUT2D eigenvalue weighted by atomic mass is 16.5. The molecule has 0 aliphatic heterocycles. The highest BCUT2D eigenvalue weighted by Gasteiger charge is 2.09. The van der Waals surface area contributed by atoms with Gasteiger partial charge in [-0.1, -0.05) is 19.0 Å². The molecule has 21 heavy (non-hydrogen) atoms. The topological polar surface area (TPSA) is 73.1 Å². The van der Waals surface area contributed by atoms with Crippen LogP contribution in [0.1, 0.15) is 43.4 Å². The van der Waals surface area contributed by atoms with Crippen LogP contribution >= 0.6 is 0 Å². The van der Waals surface area contributed by atoms with Gasteiger partial charge < -0.3 is 14.6 Å². The number of rotatable bonds is 8. The van der Waals surface area contributed by atoms with Crippen molar-refractivity contribution in [1.29, 1.82) is 0 Å². The molecule has 6 heteroatoms. The molecular formula is C15H22N4O2. The number of aromatic nitrogens is 3. The van der Waals surface area contributed by atoms with E-state index in [2.05, 4.69) is 34.3 Å². The lowest BCUT2D eigenvalue weighted by atomic mass is 10.3. The van der Waals surface area contributed by atoms with Crippen molar-refractivity contribution in [2.75, 3.05) is 6.54 Å². The van der Waals surface area contributed by atoms with Crippen molar-refractivity contribution in [1.82, 2.24) is 20.4 Å². The Balaban J connectivity index is 2.00. The Hall–Kier alpha value is -1.95. The highest BCUT2D eigenvalue weighted by Crippen LogP contribution is 2.18. The largest absolute Gasteiger partial charge is 0.482 e. The first kappa shape index (κ1) is 15.4. The smallest absolute Gasteiger partial charge is 0.264 e. The lowest BCUT2D eigenvalue weighted by Gasteiger charge is -2.10. The molecule has 2 heterocycles. The average molecular weight is 290 g/mol. The fraction of sp³-hybridized carbons (Fsp3) is 0.533. The zero-order chi connectivity index (χ0) is 15.1. The van der Waals surface area contributed by atoms with Gasteiger partial charge in [0.15, 0.2) is 12.4 Å². The van der Waals surface area contributed by atoms with E-state index in [4.69, 9.17) is 9.26 Å². The van der Waals surface area contributed by atoms with Crippen LogP contribution in [0.4, 0.5) is 0 Å². The molecule has 0 fully saturated rings. The second-order valence-corrected chi connectivity index (χ2v) is 4.82. The molecule has 1 N–H and O–H groups in total. The fourth-order valence-corrected chi connectivity index (χ4v) is 1.91. The molecule has 114 valence electrons. The van der Waals surface area contributed by atoms with E-state index in [1.54, 1.807) is 0 Å². The number of nitrogens with zero attached hydrogens (tertiary/aromatic N) is 3. The molecule has 0 saturated heterocycles. The average Bonchev–Trinajstić information content (AvgIpc) is 2.92. The van der Waals surface area contributed by atoms with Gasteiger partial charge in [-0.05, 0) is 32.0 Å². The van der Waals surface area contributed by atoms with Crippen molar-refractivity contribution < 1.29 is 9.26 Å². The second kappa shape index (κ2) is 7.73. The zero-order valence-corrected chi connectivity index (χ0v) is 12.8. The first-order valence-corrected chi connectivity index (χ1v) is 7.34. The van der Waals surface area contributed by atoms with E-state index < -0.39 is 0 Å². The van der Waals surface area contributed by atoms with Crippen LogP contribution in [0.2, 0.25) is 0 Å². The van der Waals surface area contributed by atoms with Crippen LogP contribution in [0.25, 0.3) is 0 Å². The van der Waals surface area contributed by atoms with E-state index in [1.807, 2.05) is 19.1 Å². The second-order valence-electron chi connectivity index (χ2n) is 4.82. The van der Waals surface area contributed by atoms with Crippen molar-refractivity contribution in [2.24, 2.45) is 0 Å². The summed E-state index contributed by atoms with van der Waals surface area (Å²) in [5, 5.41) is 7.17. The molecule has 0 aliphatic rings. The molecule has 0 spiro atoms. The van der Waals surface area contributed by atoms with E-state index >= 15 is 0 Å². The van der Waals surface area contributed by atoms with Gasteiger partial charge in [-0.3, -0.25) is 4.98 Å². The first-order valence-electron chi connectivity index (χ1n) is 7.34. The van der Waals surface area contributed by atoms with E-state index in [1.165, 1.54) is 0 Å². The summed E-state index contributed by atoms with van der Waals surface area (Å²) in [7, 11) is 0. The van der Waals surface area contributed by atoms with Crippen LogP contribution in [0.5, 0.6) is 5.75 Å². The van der Waals surface area contributed by atoms with Crippen LogP contribution in [-0.2, 0) is 19.6 Å². The maximum Gasteiger partial charge on any atom is 0.264 e. The number of ether oxygens (including phenoxy) is 1. The van der Waals surface area contributed by atoms with Gasteiger partial charge in [-0.25, -0.2) is 0 Å². The molecule has 0 atom stereocenters. The molecule has 0 bridgehead atoms. The van der Waals surface area contributed by atoms with Gasteiger partial charge >= 0.3 is 0 Å². The van der Waals surface area contributed by atoms with Crippen molar-refractivity contribution in [3.8, 4) is 5.75 Å². The molecular weight excluding hydrogens is 268 g/mol. The number of hydrogen-bond donors (Lipinski definition) is 1. The van der Waals surface area contributed by atoms with E-state index in [-0.39, 0.29) is 6.61 Å². The van der Waals surface area contributed by atoms with Crippen LogP contribution < -0.4 is 10.1 Å². The van der Waals surface area contributed by atoms with Crippen molar-refractivity contribution in [2.45, 2.75) is 46.8 Å². The van der Waals surface area contributed by atoms with Crippen molar-refractivity contribution in [3.05, 3.63) is 35.2 Å². The maximum absolute atomic E-state index is 5.77. The van der Waals surface area contributed by atoms with Crippen LogP contribution in [0, 0.1) is 6.92 Å². The van der Waals surface area contributed by atoms with Gasteiger partial charge in [0.2, 0.25) is 0 Å². The molecule has 2 rings (SSSR count). The molecule has 2 aromatic rings. The Morgan fingerprint density at radius 1 is 1.24 bits per heavy atom. The number of aryl methyl sites for hydroxylation is 2. The van der Waals surface area contributed by atoms with Gasteiger partial charge in [0.25, 0.3) is 5.89 Å². The molecule has 2 aromatic heterocycles. The predicted octanol–water partition coefficient (Wildman–Crippen LogP) is 2.41. The van der Waals surface area contributed by atoms with E-state index in [9.17, 15) is 0 Å². The Morgan fingerprint density at radius 2 is 2.10 bits per heavy atom. The highest BCUT2D eigenvalue weighted by molar-refractivity contribution is 5.29. The normalized spacial score (nSPS) is 10.8. The summed E-state index contributed by atoms with van der Waals surface area (Å²) in [5.74, 6) is 1.97. The van der Waals surface area contributed by atoms with Crippen molar-refractivity contribution in [3.63, 3.8) is 0 Å². The van der Waals surface area contributed by atoms with Gasteiger partial charge in [-0.2, -0.15) is 4.98 Å².